The average Bonchev–Trinajstić information content (AvgIpc) is 3.00. The Hall–Kier alpha value is -3.18. The molecule has 8 nitrogen and oxygen atoms in total. The molecule has 0 saturated carbocycles. The number of nitriles is 1. The predicted octanol–water partition coefficient (Wildman–Crippen LogP) is 2.27. The molecule has 1 aliphatic heterocycles. The van der Waals surface area contributed by atoms with Crippen molar-refractivity contribution in [3.63, 3.8) is 0 Å². The van der Waals surface area contributed by atoms with Crippen molar-refractivity contribution >= 4 is 0 Å². The van der Waals surface area contributed by atoms with Crippen molar-refractivity contribution < 1.29 is 14.2 Å². The average molecular weight is 383 g/mol. The number of aromatic nitrogens is 2. The highest BCUT2D eigenvalue weighted by Crippen LogP contribution is 2.44. The monoisotopic (exact) mass is 383 g/mol. The predicted molar refractivity (Wildman–Crippen MR) is 104 cm³/mol. The van der Waals surface area contributed by atoms with Crippen molar-refractivity contribution in [3.8, 4) is 23.4 Å². The smallest absolute Gasteiger partial charge is 0.244 e. The summed E-state index contributed by atoms with van der Waals surface area (Å²) in [6.07, 6.45) is -0.00855. The normalized spacial score (nSPS) is 17.0. The highest BCUT2D eigenvalue weighted by atomic mass is 16.5. The molecule has 0 fully saturated rings. The van der Waals surface area contributed by atoms with Crippen LogP contribution in [0.4, 0.5) is 0 Å². The number of rotatable bonds is 6. The van der Waals surface area contributed by atoms with Gasteiger partial charge in [-0.05, 0) is 45.6 Å². The molecule has 0 saturated heterocycles. The number of nitrogens with one attached hydrogen (secondary N) is 1. The van der Waals surface area contributed by atoms with E-state index in [4.69, 9.17) is 19.9 Å². The highest BCUT2D eigenvalue weighted by Gasteiger charge is 2.34. The molecule has 0 aliphatic carbocycles. The number of nitrogens with zero attached hydrogens (tertiary/aromatic N) is 3. The number of benzene rings is 1. The summed E-state index contributed by atoms with van der Waals surface area (Å²) in [5, 5.41) is 16.7. The minimum absolute atomic E-state index is 0.00855. The molecule has 1 aliphatic rings. The SMILES string of the molecule is COc1cc([C@H]2C(C#N)=C(N)Oc3n[nH]c(C)c32)ccc1O[C@H](C)CN(C)C. The van der Waals surface area contributed by atoms with E-state index in [9.17, 15) is 5.26 Å². The molecular weight excluding hydrogens is 358 g/mol. The second-order valence-electron chi connectivity index (χ2n) is 7.09. The van der Waals surface area contributed by atoms with Crippen molar-refractivity contribution in [2.24, 2.45) is 5.73 Å². The lowest BCUT2D eigenvalue weighted by Gasteiger charge is -2.25. The molecule has 1 aromatic carbocycles. The molecule has 0 bridgehead atoms. The molecule has 2 atom stereocenters. The molecule has 8 heteroatoms. The first kappa shape index (κ1) is 19.6. The van der Waals surface area contributed by atoms with E-state index in [0.29, 0.717) is 23.0 Å². The fraction of sp³-hybridized carbons (Fsp3) is 0.400. The fourth-order valence-corrected chi connectivity index (χ4v) is 3.46. The van der Waals surface area contributed by atoms with Crippen LogP contribution < -0.4 is 19.9 Å². The van der Waals surface area contributed by atoms with Crippen LogP contribution in [0.25, 0.3) is 0 Å². The number of hydrogen-bond donors (Lipinski definition) is 2. The van der Waals surface area contributed by atoms with Gasteiger partial charge < -0.3 is 24.8 Å². The fourth-order valence-electron chi connectivity index (χ4n) is 3.46. The van der Waals surface area contributed by atoms with Crippen molar-refractivity contribution in [1.29, 1.82) is 5.26 Å². The van der Waals surface area contributed by atoms with Crippen LogP contribution in [0.3, 0.4) is 0 Å². The third-order valence-electron chi connectivity index (χ3n) is 4.60. The van der Waals surface area contributed by atoms with Crippen molar-refractivity contribution in [2.75, 3.05) is 27.7 Å². The lowest BCUT2D eigenvalue weighted by molar-refractivity contribution is 0.171. The van der Waals surface area contributed by atoms with Crippen LogP contribution in [-0.2, 0) is 0 Å². The van der Waals surface area contributed by atoms with Crippen molar-refractivity contribution in [1.82, 2.24) is 15.1 Å². The van der Waals surface area contributed by atoms with Crippen LogP contribution in [0.5, 0.6) is 17.4 Å². The molecule has 0 spiro atoms. The number of nitrogens with two attached hydrogens (primary N) is 1. The maximum Gasteiger partial charge on any atom is 0.244 e. The molecule has 2 aromatic rings. The summed E-state index contributed by atoms with van der Waals surface area (Å²) < 4.78 is 17.1. The van der Waals surface area contributed by atoms with Crippen molar-refractivity contribution in [2.45, 2.75) is 25.9 Å². The summed E-state index contributed by atoms with van der Waals surface area (Å²) >= 11 is 0. The zero-order valence-corrected chi connectivity index (χ0v) is 16.7. The van der Waals surface area contributed by atoms with Gasteiger partial charge in [-0.1, -0.05) is 6.07 Å². The van der Waals surface area contributed by atoms with Gasteiger partial charge in [0.25, 0.3) is 0 Å². The summed E-state index contributed by atoms with van der Waals surface area (Å²) in [4.78, 5) is 2.06. The number of allylic oxidation sites excluding steroid dienone is 1. The summed E-state index contributed by atoms with van der Waals surface area (Å²) in [6.45, 7) is 4.67. The second kappa shape index (κ2) is 7.82. The molecule has 3 N–H and O–H groups in total. The van der Waals surface area contributed by atoms with Gasteiger partial charge >= 0.3 is 0 Å². The number of methoxy groups -OCH3 is 1. The van der Waals surface area contributed by atoms with E-state index in [2.05, 4.69) is 21.2 Å². The lowest BCUT2D eigenvalue weighted by Crippen LogP contribution is -2.28. The first-order valence-corrected chi connectivity index (χ1v) is 8.97. The minimum Gasteiger partial charge on any atom is -0.493 e. The Morgan fingerprint density at radius 3 is 2.79 bits per heavy atom. The topological polar surface area (TPSA) is 109 Å². The van der Waals surface area contributed by atoms with E-state index >= 15 is 0 Å². The maximum atomic E-state index is 9.67. The van der Waals surface area contributed by atoms with Crippen LogP contribution in [0.15, 0.2) is 29.7 Å². The third-order valence-corrected chi connectivity index (χ3v) is 4.60. The van der Waals surface area contributed by atoms with E-state index in [-0.39, 0.29) is 12.0 Å². The number of aromatic amines is 1. The van der Waals surface area contributed by atoms with Crippen LogP contribution in [0.1, 0.15) is 29.7 Å². The Balaban J connectivity index is 2.02. The van der Waals surface area contributed by atoms with Gasteiger partial charge in [0.15, 0.2) is 11.5 Å². The summed E-state index contributed by atoms with van der Waals surface area (Å²) in [5.41, 5.74) is 8.77. The molecule has 3 rings (SSSR count). The van der Waals surface area contributed by atoms with Crippen molar-refractivity contribution in [3.05, 3.63) is 46.5 Å². The van der Waals surface area contributed by atoms with Gasteiger partial charge in [-0.2, -0.15) is 5.26 Å². The van der Waals surface area contributed by atoms with Gasteiger partial charge in [-0.25, -0.2) is 0 Å². The number of ether oxygens (including phenoxy) is 3. The van der Waals surface area contributed by atoms with E-state index < -0.39 is 5.92 Å². The zero-order valence-electron chi connectivity index (χ0n) is 16.7. The Kier molecular flexibility index (Phi) is 5.47. The van der Waals surface area contributed by atoms with E-state index in [1.807, 2.05) is 46.1 Å². The Bertz CT molecular complexity index is 942. The van der Waals surface area contributed by atoms with Gasteiger partial charge in [0.2, 0.25) is 11.8 Å². The first-order chi connectivity index (χ1) is 13.3. The van der Waals surface area contributed by atoms with Gasteiger partial charge in [0, 0.05) is 17.8 Å². The minimum atomic E-state index is -0.394. The summed E-state index contributed by atoms with van der Waals surface area (Å²) in [5.74, 6) is 1.29. The van der Waals surface area contributed by atoms with Crippen LogP contribution in [0, 0.1) is 18.3 Å². The molecule has 148 valence electrons. The molecule has 1 aromatic heterocycles. The lowest BCUT2D eigenvalue weighted by atomic mass is 9.84. The molecule has 28 heavy (non-hydrogen) atoms. The van der Waals surface area contributed by atoms with Crippen LogP contribution >= 0.6 is 0 Å². The number of aryl methyl sites for hydroxylation is 1. The zero-order chi connectivity index (χ0) is 20.4. The Morgan fingerprint density at radius 2 is 2.14 bits per heavy atom. The van der Waals surface area contributed by atoms with Crippen LogP contribution in [-0.4, -0.2) is 49.0 Å². The molecule has 0 unspecified atom stereocenters. The van der Waals surface area contributed by atoms with Gasteiger partial charge in [-0.15, -0.1) is 5.10 Å². The molecule has 0 amide bonds. The van der Waals surface area contributed by atoms with E-state index in [0.717, 1.165) is 23.4 Å². The van der Waals surface area contributed by atoms with Crippen LogP contribution in [0.2, 0.25) is 0 Å². The number of H-pyrrole nitrogens is 1. The number of fused-ring (bicyclic) bond motifs is 1. The Labute approximate surface area is 164 Å². The van der Waals surface area contributed by atoms with Gasteiger partial charge in [0.1, 0.15) is 17.7 Å². The highest BCUT2D eigenvalue weighted by molar-refractivity contribution is 5.57. The summed E-state index contributed by atoms with van der Waals surface area (Å²) in [6, 6.07) is 7.82. The quantitative estimate of drug-likeness (QED) is 0.787. The molecule has 0 radical (unpaired) electrons. The third kappa shape index (κ3) is 3.62. The van der Waals surface area contributed by atoms with Gasteiger partial charge in [-0.3, -0.25) is 5.10 Å². The maximum absolute atomic E-state index is 9.67. The standard InChI is InChI=1S/C20H25N5O3/c1-11(10-25(3)4)27-15-7-6-13(8-16(15)26-5)18-14(9-21)19(22)28-20-17(18)12(2)23-24-20/h6-8,11,18H,10,22H2,1-5H3,(H,23,24)/t11-,18+/m1/s1. The number of hydrogen-bond acceptors (Lipinski definition) is 7. The number of likely N-dealkylation sites (N-methyl/N-ethyl adjacent to an activating group) is 1. The largest absolute Gasteiger partial charge is 0.493 e. The molecule has 2 heterocycles. The van der Waals surface area contributed by atoms with E-state index in [1.165, 1.54) is 0 Å². The molecular formula is C20H25N5O3. The Morgan fingerprint density at radius 1 is 1.39 bits per heavy atom. The second-order valence-corrected chi connectivity index (χ2v) is 7.09. The summed E-state index contributed by atoms with van der Waals surface area (Å²) in [7, 11) is 5.59. The first-order valence-electron chi connectivity index (χ1n) is 8.97. The van der Waals surface area contributed by atoms with E-state index in [1.54, 1.807) is 7.11 Å². The van der Waals surface area contributed by atoms with Gasteiger partial charge in [0.05, 0.1) is 13.0 Å².